The minimum atomic E-state index is -1.28. The van der Waals surface area contributed by atoms with E-state index >= 15 is 0 Å². The van der Waals surface area contributed by atoms with Gasteiger partial charge in [0.2, 0.25) is 0 Å². The van der Waals surface area contributed by atoms with Crippen molar-refractivity contribution in [2.45, 2.75) is 44.2 Å². The highest BCUT2D eigenvalue weighted by Gasteiger charge is 2.44. The predicted octanol–water partition coefficient (Wildman–Crippen LogP) is 5.54. The molecule has 1 heterocycles. The molecule has 6 heteroatoms. The molecule has 3 nitrogen and oxygen atoms in total. The lowest BCUT2D eigenvalue weighted by atomic mass is 9.86. The van der Waals surface area contributed by atoms with Crippen LogP contribution in [0.2, 0.25) is 0 Å². The van der Waals surface area contributed by atoms with Crippen molar-refractivity contribution in [1.82, 2.24) is 9.78 Å². The van der Waals surface area contributed by atoms with Crippen LogP contribution in [0.15, 0.2) is 34.5 Å². The van der Waals surface area contributed by atoms with Crippen LogP contribution < -0.4 is 0 Å². The van der Waals surface area contributed by atoms with Gasteiger partial charge in [-0.05, 0) is 42.0 Å². The van der Waals surface area contributed by atoms with E-state index in [1.54, 1.807) is 13.2 Å². The molecule has 0 saturated heterocycles. The van der Waals surface area contributed by atoms with Gasteiger partial charge in [-0.15, -0.1) is 0 Å². The van der Waals surface area contributed by atoms with Gasteiger partial charge >= 0.3 is 0 Å². The first-order valence-corrected chi connectivity index (χ1v) is 9.51. The number of aromatic nitrogens is 2. The molecule has 136 valence electrons. The Hall–Kier alpha value is -1.65. The summed E-state index contributed by atoms with van der Waals surface area (Å²) in [7, 11) is 1.70. The zero-order chi connectivity index (χ0) is 18.6. The molecule has 2 bridgehead atoms. The first-order chi connectivity index (χ1) is 12.4. The summed E-state index contributed by atoms with van der Waals surface area (Å²) in [6, 6.07) is 6.05. The molecule has 0 spiro atoms. The summed E-state index contributed by atoms with van der Waals surface area (Å²) in [5.41, 5.74) is 5.04. The number of ketones is 1. The number of carbonyl (C=O) groups excluding carboxylic acids is 1. The molecule has 1 aromatic carbocycles. The number of benzene rings is 1. The van der Waals surface area contributed by atoms with Crippen molar-refractivity contribution in [1.29, 1.82) is 0 Å². The lowest BCUT2D eigenvalue weighted by Gasteiger charge is -2.18. The average molecular weight is 393 g/mol. The maximum absolute atomic E-state index is 13.8. The van der Waals surface area contributed by atoms with E-state index in [1.807, 2.05) is 12.1 Å². The second-order valence-corrected chi connectivity index (χ2v) is 8.09. The second-order valence-electron chi connectivity index (χ2n) is 7.14. The third kappa shape index (κ3) is 2.71. The molecule has 0 N–H and O–H groups in total. The van der Waals surface area contributed by atoms with E-state index < -0.39 is 6.17 Å². The number of carbonyl (C=O) groups is 1. The van der Waals surface area contributed by atoms with Crippen molar-refractivity contribution in [3.05, 3.63) is 62.4 Å². The van der Waals surface area contributed by atoms with Gasteiger partial charge in [0, 0.05) is 31.5 Å². The molecule has 1 fully saturated rings. The first kappa shape index (κ1) is 17.7. The van der Waals surface area contributed by atoms with Crippen LogP contribution in [0.5, 0.6) is 0 Å². The van der Waals surface area contributed by atoms with E-state index in [2.05, 4.69) is 11.2 Å². The minimum absolute atomic E-state index is 0.115. The number of nitrogens with zero attached hydrogens (tertiary/aromatic N) is 2. The SMILES string of the molecule is CC(F)c1nn(C)cc1C(=O)Cc1cccc2c1C1CCC2C1=C(Cl)Cl. The maximum Gasteiger partial charge on any atom is 0.170 e. The number of aryl methyl sites for hydroxylation is 1. The van der Waals surface area contributed by atoms with Gasteiger partial charge in [-0.2, -0.15) is 5.10 Å². The van der Waals surface area contributed by atoms with Crippen LogP contribution in [-0.2, 0) is 13.5 Å². The largest absolute Gasteiger partial charge is 0.294 e. The molecule has 3 atom stereocenters. The predicted molar refractivity (Wildman–Crippen MR) is 101 cm³/mol. The summed E-state index contributed by atoms with van der Waals surface area (Å²) < 4.78 is 15.7. The van der Waals surface area contributed by atoms with E-state index in [4.69, 9.17) is 23.2 Å². The number of allylic oxidation sites excluding steroid dienone is 1. The van der Waals surface area contributed by atoms with E-state index in [0.29, 0.717) is 10.1 Å². The van der Waals surface area contributed by atoms with E-state index in [0.717, 1.165) is 24.0 Å². The Kier molecular flexibility index (Phi) is 4.44. The Morgan fingerprint density at radius 2 is 2.08 bits per heavy atom. The lowest BCUT2D eigenvalue weighted by molar-refractivity contribution is 0.0990. The fraction of sp³-hybridized carbons (Fsp3) is 0.400. The van der Waals surface area contributed by atoms with Crippen molar-refractivity contribution < 1.29 is 9.18 Å². The Morgan fingerprint density at radius 1 is 1.35 bits per heavy atom. The lowest BCUT2D eigenvalue weighted by Crippen LogP contribution is -2.10. The van der Waals surface area contributed by atoms with Crippen LogP contribution in [0, 0.1) is 0 Å². The average Bonchev–Trinajstić information content (AvgIpc) is 3.26. The molecule has 26 heavy (non-hydrogen) atoms. The standard InChI is InChI=1S/C20H19Cl2FN2O/c1-10(23)19-15(9-25(2)24-19)16(26)8-11-4-3-5-12-13-6-7-14(17(11)12)18(13)20(21)22/h3-5,9-10,13-14H,6-8H2,1-2H3. The van der Waals surface area contributed by atoms with Crippen LogP contribution in [-0.4, -0.2) is 15.6 Å². The summed E-state index contributed by atoms with van der Waals surface area (Å²) in [4.78, 5) is 12.9. The van der Waals surface area contributed by atoms with Crippen molar-refractivity contribution in [2.24, 2.45) is 7.05 Å². The highest BCUT2D eigenvalue weighted by Crippen LogP contribution is 2.59. The number of alkyl halides is 1. The number of hydrogen-bond donors (Lipinski definition) is 0. The van der Waals surface area contributed by atoms with Gasteiger partial charge in [-0.25, -0.2) is 4.39 Å². The minimum Gasteiger partial charge on any atom is -0.294 e. The zero-order valence-electron chi connectivity index (χ0n) is 14.6. The Bertz CT molecular complexity index is 928. The fourth-order valence-corrected chi connectivity index (χ4v) is 5.10. The molecule has 3 unspecified atom stereocenters. The number of rotatable bonds is 4. The fourth-order valence-electron chi connectivity index (χ4n) is 4.57. The van der Waals surface area contributed by atoms with Crippen LogP contribution in [0.1, 0.15) is 70.5 Å². The highest BCUT2D eigenvalue weighted by atomic mass is 35.5. The van der Waals surface area contributed by atoms with Gasteiger partial charge in [0.05, 0.1) is 5.56 Å². The molecule has 0 aliphatic heterocycles. The van der Waals surface area contributed by atoms with Crippen molar-refractivity contribution in [3.63, 3.8) is 0 Å². The van der Waals surface area contributed by atoms with Gasteiger partial charge < -0.3 is 0 Å². The second kappa shape index (κ2) is 6.50. The monoisotopic (exact) mass is 392 g/mol. The molecular weight excluding hydrogens is 374 g/mol. The molecule has 0 radical (unpaired) electrons. The van der Waals surface area contributed by atoms with Crippen LogP contribution in [0.25, 0.3) is 0 Å². The molecule has 2 aliphatic carbocycles. The van der Waals surface area contributed by atoms with Crippen molar-refractivity contribution in [3.8, 4) is 0 Å². The maximum atomic E-state index is 13.8. The molecule has 2 aromatic rings. The number of hydrogen-bond acceptors (Lipinski definition) is 2. The molecule has 0 amide bonds. The normalized spacial score (nSPS) is 21.8. The topological polar surface area (TPSA) is 34.9 Å². The third-order valence-corrected chi connectivity index (χ3v) is 5.99. The van der Waals surface area contributed by atoms with Crippen molar-refractivity contribution >= 4 is 29.0 Å². The molecular formula is C20H19Cl2FN2O. The van der Waals surface area contributed by atoms with Crippen LogP contribution in [0.3, 0.4) is 0 Å². The highest BCUT2D eigenvalue weighted by molar-refractivity contribution is 6.56. The Labute approximate surface area is 161 Å². The summed E-state index contributed by atoms with van der Waals surface area (Å²) >= 11 is 12.3. The molecule has 4 rings (SSSR count). The number of fused-ring (bicyclic) bond motifs is 5. The first-order valence-electron chi connectivity index (χ1n) is 8.76. The van der Waals surface area contributed by atoms with Gasteiger partial charge in [0.25, 0.3) is 0 Å². The van der Waals surface area contributed by atoms with E-state index in [9.17, 15) is 9.18 Å². The summed E-state index contributed by atoms with van der Waals surface area (Å²) in [5, 5.41) is 4.10. The van der Waals surface area contributed by atoms with Gasteiger partial charge in [-0.1, -0.05) is 41.4 Å². The summed E-state index contributed by atoms with van der Waals surface area (Å²) in [6.07, 6.45) is 2.59. The van der Waals surface area contributed by atoms with E-state index in [-0.39, 0.29) is 29.7 Å². The Balaban J connectivity index is 1.71. The zero-order valence-corrected chi connectivity index (χ0v) is 16.1. The summed E-state index contributed by atoms with van der Waals surface area (Å²) in [6.45, 7) is 1.40. The van der Waals surface area contributed by atoms with Gasteiger partial charge in [0.15, 0.2) is 5.78 Å². The van der Waals surface area contributed by atoms with Crippen LogP contribution >= 0.6 is 23.2 Å². The third-order valence-electron chi connectivity index (χ3n) is 5.55. The molecule has 2 aliphatic rings. The molecule has 1 saturated carbocycles. The summed E-state index contributed by atoms with van der Waals surface area (Å²) in [5.74, 6) is 0.337. The Morgan fingerprint density at radius 3 is 2.77 bits per heavy atom. The quantitative estimate of drug-likeness (QED) is 0.640. The number of halogens is 3. The van der Waals surface area contributed by atoms with Gasteiger partial charge in [0.1, 0.15) is 16.4 Å². The molecule has 1 aromatic heterocycles. The van der Waals surface area contributed by atoms with Crippen molar-refractivity contribution in [2.75, 3.05) is 0 Å². The van der Waals surface area contributed by atoms with Gasteiger partial charge in [-0.3, -0.25) is 9.48 Å². The number of Topliss-reactive ketones (excluding diaryl/α,β-unsaturated/α-hetero) is 1. The van der Waals surface area contributed by atoms with E-state index in [1.165, 1.54) is 22.7 Å². The van der Waals surface area contributed by atoms with Crippen LogP contribution in [0.4, 0.5) is 4.39 Å². The smallest absolute Gasteiger partial charge is 0.170 e.